The molecule has 0 saturated heterocycles. The number of sulfonamides is 1. The molecule has 21 heavy (non-hydrogen) atoms. The van der Waals surface area contributed by atoms with Crippen LogP contribution in [0.4, 0.5) is 5.69 Å². The first kappa shape index (κ1) is 15.9. The van der Waals surface area contributed by atoms with Gasteiger partial charge >= 0.3 is 0 Å². The summed E-state index contributed by atoms with van der Waals surface area (Å²) in [5, 5.41) is 3.29. The first-order chi connectivity index (χ1) is 9.88. The Hall–Kier alpha value is -1.44. The van der Waals surface area contributed by atoms with Crippen molar-refractivity contribution in [1.29, 1.82) is 0 Å². The molecule has 2 aromatic heterocycles. The Bertz CT molecular complexity index is 694. The number of rotatable bonds is 6. The van der Waals surface area contributed by atoms with Gasteiger partial charge in [-0.05, 0) is 25.1 Å². The fourth-order valence-electron chi connectivity index (χ4n) is 1.82. The van der Waals surface area contributed by atoms with Crippen LogP contribution in [0.2, 0.25) is 0 Å². The normalized spacial score (nSPS) is 11.8. The van der Waals surface area contributed by atoms with E-state index in [4.69, 9.17) is 0 Å². The zero-order valence-electron chi connectivity index (χ0n) is 12.3. The minimum atomic E-state index is -3.57. The average Bonchev–Trinajstić information content (AvgIpc) is 2.79. The quantitative estimate of drug-likeness (QED) is 0.857. The van der Waals surface area contributed by atoms with Gasteiger partial charge in [0.1, 0.15) is 4.90 Å². The third kappa shape index (κ3) is 4.26. The number of hydrogen-bond acceptors (Lipinski definition) is 5. The van der Waals surface area contributed by atoms with E-state index in [9.17, 15) is 8.42 Å². The fraction of sp³-hybridized carbons (Fsp3) is 0.357. The highest BCUT2D eigenvalue weighted by atomic mass is 32.2. The number of aromatic nitrogens is 1. The Morgan fingerprint density at radius 3 is 2.76 bits per heavy atom. The van der Waals surface area contributed by atoms with Crippen molar-refractivity contribution in [1.82, 2.24) is 10.3 Å². The number of thiophene rings is 1. The van der Waals surface area contributed by atoms with Crippen LogP contribution in [-0.2, 0) is 16.6 Å². The second kappa shape index (κ2) is 6.55. The number of hydrogen-bond donors (Lipinski definition) is 2. The van der Waals surface area contributed by atoms with E-state index in [1.54, 1.807) is 24.4 Å². The van der Waals surface area contributed by atoms with Crippen LogP contribution < -0.4 is 10.0 Å². The Balaban J connectivity index is 2.20. The molecule has 0 aliphatic carbocycles. The third-order valence-corrected chi connectivity index (χ3v) is 5.50. The van der Waals surface area contributed by atoms with E-state index in [1.807, 2.05) is 6.92 Å². The largest absolute Gasteiger partial charge is 0.310 e. The molecule has 2 aromatic rings. The second-order valence-electron chi connectivity index (χ2n) is 5.02. The van der Waals surface area contributed by atoms with Crippen LogP contribution in [-0.4, -0.2) is 19.4 Å². The summed E-state index contributed by atoms with van der Waals surface area (Å²) in [5.41, 5.74) is 0.463. The zero-order chi connectivity index (χ0) is 15.5. The maximum atomic E-state index is 12.4. The summed E-state index contributed by atoms with van der Waals surface area (Å²) in [4.78, 5) is 6.03. The molecule has 5 nitrogen and oxygen atoms in total. The smallest absolute Gasteiger partial charge is 0.263 e. The van der Waals surface area contributed by atoms with Gasteiger partial charge in [0.2, 0.25) is 0 Å². The lowest BCUT2D eigenvalue weighted by atomic mass is 10.3. The first-order valence-corrected chi connectivity index (χ1v) is 8.94. The maximum Gasteiger partial charge on any atom is 0.263 e. The topological polar surface area (TPSA) is 71.1 Å². The molecule has 0 aliphatic heterocycles. The third-order valence-electron chi connectivity index (χ3n) is 2.81. The van der Waals surface area contributed by atoms with Gasteiger partial charge in [0.15, 0.2) is 0 Å². The monoisotopic (exact) mass is 325 g/mol. The van der Waals surface area contributed by atoms with Crippen molar-refractivity contribution in [3.05, 3.63) is 40.3 Å². The number of pyridine rings is 1. The van der Waals surface area contributed by atoms with Gasteiger partial charge < -0.3 is 5.32 Å². The van der Waals surface area contributed by atoms with E-state index in [-0.39, 0.29) is 0 Å². The van der Waals surface area contributed by atoms with E-state index in [0.29, 0.717) is 23.2 Å². The summed E-state index contributed by atoms with van der Waals surface area (Å²) in [6, 6.07) is 5.46. The van der Waals surface area contributed by atoms with Gasteiger partial charge in [-0.15, -0.1) is 11.3 Å². The number of nitrogens with zero attached hydrogens (tertiary/aromatic N) is 1. The van der Waals surface area contributed by atoms with Gasteiger partial charge in [-0.2, -0.15) is 0 Å². The van der Waals surface area contributed by atoms with Crippen molar-refractivity contribution >= 4 is 27.0 Å². The zero-order valence-corrected chi connectivity index (χ0v) is 13.9. The highest BCUT2D eigenvalue weighted by molar-refractivity contribution is 7.93. The molecule has 0 spiro atoms. The van der Waals surface area contributed by atoms with E-state index >= 15 is 0 Å². The van der Waals surface area contributed by atoms with Gasteiger partial charge in [-0.25, -0.2) is 8.42 Å². The molecule has 0 unspecified atom stereocenters. The molecule has 114 valence electrons. The van der Waals surface area contributed by atoms with Crippen molar-refractivity contribution in [3.8, 4) is 0 Å². The lowest BCUT2D eigenvalue weighted by molar-refractivity contribution is 0.592. The summed E-state index contributed by atoms with van der Waals surface area (Å²) in [6.45, 7) is 6.61. The van der Waals surface area contributed by atoms with Crippen molar-refractivity contribution in [2.45, 2.75) is 38.3 Å². The van der Waals surface area contributed by atoms with Crippen molar-refractivity contribution in [2.24, 2.45) is 0 Å². The standard InChI is InChI=1S/C14H19N3O2S2/c1-10(2)16-9-13-7-14(11(3)20-13)21(18,19)17-12-5-4-6-15-8-12/h4-8,10,16-17H,9H2,1-3H3. The molecule has 0 aliphatic rings. The first-order valence-electron chi connectivity index (χ1n) is 6.64. The number of aryl methyl sites for hydroxylation is 1. The molecule has 0 atom stereocenters. The SMILES string of the molecule is Cc1sc(CNC(C)C)cc1S(=O)(=O)Nc1cccnc1. The van der Waals surface area contributed by atoms with Gasteiger partial charge in [0.05, 0.1) is 11.9 Å². The predicted octanol–water partition coefficient (Wildman–Crippen LogP) is 2.75. The fourth-order valence-corrected chi connectivity index (χ4v) is 4.45. The molecular weight excluding hydrogens is 306 g/mol. The van der Waals surface area contributed by atoms with E-state index < -0.39 is 10.0 Å². The van der Waals surface area contributed by atoms with Crippen LogP contribution in [0.3, 0.4) is 0 Å². The van der Waals surface area contributed by atoms with Gasteiger partial charge in [-0.1, -0.05) is 13.8 Å². The second-order valence-corrected chi connectivity index (χ2v) is 8.01. The Kier molecular flexibility index (Phi) is 4.97. The molecule has 0 fully saturated rings. The molecule has 0 radical (unpaired) electrons. The summed E-state index contributed by atoms with van der Waals surface area (Å²) in [6.07, 6.45) is 3.09. The molecule has 2 heterocycles. The summed E-state index contributed by atoms with van der Waals surface area (Å²) < 4.78 is 27.4. The van der Waals surface area contributed by atoms with Gasteiger partial charge in [-0.3, -0.25) is 9.71 Å². The summed E-state index contributed by atoms with van der Waals surface area (Å²) in [5.74, 6) is 0. The van der Waals surface area contributed by atoms with Crippen molar-refractivity contribution in [2.75, 3.05) is 4.72 Å². The van der Waals surface area contributed by atoms with Crippen LogP contribution in [0.1, 0.15) is 23.6 Å². The summed E-state index contributed by atoms with van der Waals surface area (Å²) in [7, 11) is -3.57. The predicted molar refractivity (Wildman–Crippen MR) is 86.1 cm³/mol. The van der Waals surface area contributed by atoms with Crippen molar-refractivity contribution < 1.29 is 8.42 Å². The maximum absolute atomic E-state index is 12.4. The molecule has 2 N–H and O–H groups in total. The Morgan fingerprint density at radius 1 is 1.38 bits per heavy atom. The summed E-state index contributed by atoms with van der Waals surface area (Å²) >= 11 is 1.50. The van der Waals surface area contributed by atoms with Gasteiger partial charge in [0, 0.05) is 28.5 Å². The van der Waals surface area contributed by atoms with Crippen LogP contribution in [0.25, 0.3) is 0 Å². The lowest BCUT2D eigenvalue weighted by Crippen LogP contribution is -2.21. The number of nitrogens with one attached hydrogen (secondary N) is 2. The molecular formula is C14H19N3O2S2. The van der Waals surface area contributed by atoms with Crippen molar-refractivity contribution in [3.63, 3.8) is 0 Å². The van der Waals surface area contributed by atoms with Crippen LogP contribution >= 0.6 is 11.3 Å². The highest BCUT2D eigenvalue weighted by Crippen LogP contribution is 2.27. The van der Waals surface area contributed by atoms with Gasteiger partial charge in [0.25, 0.3) is 10.0 Å². The van der Waals surface area contributed by atoms with Crippen LogP contribution in [0, 0.1) is 6.92 Å². The van der Waals surface area contributed by atoms with Crippen LogP contribution in [0.5, 0.6) is 0 Å². The highest BCUT2D eigenvalue weighted by Gasteiger charge is 2.20. The molecule has 2 rings (SSSR count). The Labute approximate surface area is 129 Å². The van der Waals surface area contributed by atoms with E-state index in [1.165, 1.54) is 17.5 Å². The minimum absolute atomic E-state index is 0.330. The lowest BCUT2D eigenvalue weighted by Gasteiger charge is -2.07. The Morgan fingerprint density at radius 2 is 2.14 bits per heavy atom. The molecule has 7 heteroatoms. The molecule has 0 aromatic carbocycles. The number of anilines is 1. The van der Waals surface area contributed by atoms with Crippen LogP contribution in [0.15, 0.2) is 35.5 Å². The molecule has 0 amide bonds. The average molecular weight is 325 g/mol. The van der Waals surface area contributed by atoms with E-state index in [0.717, 1.165) is 9.75 Å². The molecule has 0 bridgehead atoms. The molecule has 0 saturated carbocycles. The van der Waals surface area contributed by atoms with E-state index in [2.05, 4.69) is 28.9 Å². The minimum Gasteiger partial charge on any atom is -0.310 e.